The molecule has 0 bridgehead atoms. The molecule has 8 nitrogen and oxygen atoms in total. The Morgan fingerprint density at radius 2 is 1.73 bits per heavy atom. The molecule has 1 aliphatic heterocycles. The fraction of sp³-hybridized carbons (Fsp3) is 0.562. The fourth-order valence-corrected chi connectivity index (χ4v) is 4.96. The summed E-state index contributed by atoms with van der Waals surface area (Å²) in [6.45, 7) is 16.2. The molecule has 2 unspecified atom stereocenters. The number of benzene rings is 2. The van der Waals surface area contributed by atoms with Crippen molar-refractivity contribution in [2.75, 3.05) is 26.7 Å². The molecule has 2 atom stereocenters. The molecule has 1 N–H and O–H groups in total. The second-order valence-corrected chi connectivity index (χ2v) is 11.5. The van der Waals surface area contributed by atoms with Crippen LogP contribution in [-0.4, -0.2) is 72.3 Å². The SMILES string of the molecule is COC(C)(C)C(C)OC(=O)N1CCc2cc(OCc3ccccc3)ccc2C1C(=O)NCCN(C(C)C)C(C)C. The molecule has 1 heterocycles. The number of hydrogen-bond donors (Lipinski definition) is 1. The summed E-state index contributed by atoms with van der Waals surface area (Å²) in [5, 5.41) is 3.09. The van der Waals surface area contributed by atoms with Gasteiger partial charge in [0, 0.05) is 38.8 Å². The van der Waals surface area contributed by atoms with Gasteiger partial charge in [-0.05, 0) is 83.7 Å². The van der Waals surface area contributed by atoms with E-state index < -0.39 is 23.8 Å². The van der Waals surface area contributed by atoms with Crippen LogP contribution in [0.25, 0.3) is 0 Å². The molecule has 2 aromatic carbocycles. The molecule has 0 fully saturated rings. The van der Waals surface area contributed by atoms with Gasteiger partial charge in [-0.25, -0.2) is 4.79 Å². The minimum absolute atomic E-state index is 0.220. The summed E-state index contributed by atoms with van der Waals surface area (Å²) < 4.78 is 17.4. The van der Waals surface area contributed by atoms with Crippen LogP contribution >= 0.6 is 0 Å². The van der Waals surface area contributed by atoms with E-state index >= 15 is 0 Å². The van der Waals surface area contributed by atoms with Crippen molar-refractivity contribution >= 4 is 12.0 Å². The standard InChI is InChI=1S/C32H47N3O5/c1-22(2)34(23(3)4)19-17-33-30(36)29-28-15-14-27(39-21-25-12-10-9-11-13-25)20-26(28)16-18-35(29)31(37)40-24(5)32(6,7)38-8/h9-15,20,22-24,29H,16-19,21H2,1-8H3,(H,33,36). The van der Waals surface area contributed by atoms with Gasteiger partial charge in [-0.1, -0.05) is 36.4 Å². The summed E-state index contributed by atoms with van der Waals surface area (Å²) in [7, 11) is 1.59. The zero-order chi connectivity index (χ0) is 29.4. The van der Waals surface area contributed by atoms with E-state index in [0.717, 1.165) is 29.0 Å². The number of nitrogens with one attached hydrogen (secondary N) is 1. The van der Waals surface area contributed by atoms with Gasteiger partial charge < -0.3 is 19.5 Å². The summed E-state index contributed by atoms with van der Waals surface area (Å²) in [4.78, 5) is 31.0. The first kappa shape index (κ1) is 31.4. The number of carbonyl (C=O) groups excluding carboxylic acids is 2. The van der Waals surface area contributed by atoms with Gasteiger partial charge in [0.05, 0.1) is 5.60 Å². The summed E-state index contributed by atoms with van der Waals surface area (Å²) in [5.74, 6) is 0.514. The molecule has 0 aromatic heterocycles. The number of amides is 2. The molecule has 0 saturated carbocycles. The number of carbonyl (C=O) groups is 2. The summed E-state index contributed by atoms with van der Waals surface area (Å²) in [6, 6.07) is 15.7. The van der Waals surface area contributed by atoms with Crippen molar-refractivity contribution in [1.29, 1.82) is 0 Å². The average Bonchev–Trinajstić information content (AvgIpc) is 2.93. The summed E-state index contributed by atoms with van der Waals surface area (Å²) >= 11 is 0. The van der Waals surface area contributed by atoms with Crippen LogP contribution in [0.4, 0.5) is 4.79 Å². The molecule has 40 heavy (non-hydrogen) atoms. The maximum Gasteiger partial charge on any atom is 0.411 e. The van der Waals surface area contributed by atoms with Crippen LogP contribution in [0.1, 0.15) is 71.2 Å². The predicted octanol–water partition coefficient (Wildman–Crippen LogP) is 5.35. The molecule has 0 aliphatic carbocycles. The van der Waals surface area contributed by atoms with Crippen molar-refractivity contribution in [2.24, 2.45) is 0 Å². The Bertz CT molecular complexity index is 1110. The Labute approximate surface area is 240 Å². The van der Waals surface area contributed by atoms with Crippen molar-refractivity contribution in [3.8, 4) is 5.75 Å². The Balaban J connectivity index is 1.81. The first-order valence-corrected chi connectivity index (χ1v) is 14.3. The van der Waals surface area contributed by atoms with Crippen molar-refractivity contribution in [3.63, 3.8) is 0 Å². The Hall–Kier alpha value is -3.10. The van der Waals surface area contributed by atoms with E-state index in [4.69, 9.17) is 14.2 Å². The molecule has 2 amide bonds. The lowest BCUT2D eigenvalue weighted by atomic mass is 9.92. The zero-order valence-corrected chi connectivity index (χ0v) is 25.4. The van der Waals surface area contributed by atoms with Gasteiger partial charge in [0.25, 0.3) is 0 Å². The average molecular weight is 554 g/mol. The number of nitrogens with zero attached hydrogens (tertiary/aromatic N) is 2. The lowest BCUT2D eigenvalue weighted by Gasteiger charge is -2.38. The molecule has 2 aromatic rings. The second kappa shape index (κ2) is 14.0. The van der Waals surface area contributed by atoms with Gasteiger partial charge in [0.15, 0.2) is 0 Å². The molecule has 1 aliphatic rings. The third-order valence-corrected chi connectivity index (χ3v) is 7.85. The molecule has 0 saturated heterocycles. The smallest absolute Gasteiger partial charge is 0.411 e. The molecule has 8 heteroatoms. The minimum Gasteiger partial charge on any atom is -0.489 e. The van der Waals surface area contributed by atoms with Crippen LogP contribution in [0, 0.1) is 0 Å². The van der Waals surface area contributed by atoms with Gasteiger partial charge in [-0.3, -0.25) is 14.6 Å². The first-order chi connectivity index (χ1) is 18.9. The third kappa shape index (κ3) is 7.98. The van der Waals surface area contributed by atoms with E-state index in [1.807, 2.05) is 62.4 Å². The van der Waals surface area contributed by atoms with Gasteiger partial charge in [-0.15, -0.1) is 0 Å². The van der Waals surface area contributed by atoms with E-state index in [-0.39, 0.29) is 5.91 Å². The van der Waals surface area contributed by atoms with Gasteiger partial charge >= 0.3 is 6.09 Å². The molecule has 3 rings (SSSR count). The molecular formula is C32H47N3O5. The Kier molecular flexibility index (Phi) is 11.0. The number of rotatable bonds is 12. The molecule has 0 radical (unpaired) electrons. The number of ether oxygens (including phenoxy) is 3. The monoisotopic (exact) mass is 553 g/mol. The minimum atomic E-state index is -0.802. The summed E-state index contributed by atoms with van der Waals surface area (Å²) in [5.41, 5.74) is 2.20. The Morgan fingerprint density at radius 1 is 1.05 bits per heavy atom. The zero-order valence-electron chi connectivity index (χ0n) is 25.4. The van der Waals surface area contributed by atoms with Crippen LogP contribution in [0.3, 0.4) is 0 Å². The van der Waals surface area contributed by atoms with Gasteiger partial charge in [0.2, 0.25) is 5.91 Å². The van der Waals surface area contributed by atoms with Crippen molar-refractivity contribution in [3.05, 3.63) is 65.2 Å². The van der Waals surface area contributed by atoms with Crippen LogP contribution in [0.5, 0.6) is 5.75 Å². The van der Waals surface area contributed by atoms with Crippen LogP contribution in [-0.2, 0) is 27.3 Å². The third-order valence-electron chi connectivity index (χ3n) is 7.85. The van der Waals surface area contributed by atoms with Crippen LogP contribution in [0.15, 0.2) is 48.5 Å². The highest BCUT2D eigenvalue weighted by Crippen LogP contribution is 2.34. The predicted molar refractivity (Wildman–Crippen MR) is 157 cm³/mol. The maximum atomic E-state index is 13.7. The van der Waals surface area contributed by atoms with Crippen molar-refractivity contribution in [1.82, 2.24) is 15.1 Å². The lowest BCUT2D eigenvalue weighted by molar-refractivity contribution is -0.127. The van der Waals surface area contributed by atoms with Gasteiger partial charge in [-0.2, -0.15) is 0 Å². The summed E-state index contributed by atoms with van der Waals surface area (Å²) in [6.07, 6.45) is -0.443. The number of methoxy groups -OCH3 is 1. The maximum absolute atomic E-state index is 13.7. The van der Waals surface area contributed by atoms with E-state index in [2.05, 4.69) is 37.9 Å². The lowest BCUT2D eigenvalue weighted by Crippen LogP contribution is -2.51. The topological polar surface area (TPSA) is 80.3 Å². The molecule has 0 spiro atoms. The fourth-order valence-electron chi connectivity index (χ4n) is 4.96. The largest absolute Gasteiger partial charge is 0.489 e. The highest BCUT2D eigenvalue weighted by molar-refractivity contribution is 5.88. The van der Waals surface area contributed by atoms with Crippen molar-refractivity contribution in [2.45, 2.75) is 91.3 Å². The van der Waals surface area contributed by atoms with E-state index in [9.17, 15) is 9.59 Å². The number of fused-ring (bicyclic) bond motifs is 1. The van der Waals surface area contributed by atoms with Gasteiger partial charge in [0.1, 0.15) is 24.5 Å². The quantitative estimate of drug-likeness (QED) is 0.382. The first-order valence-electron chi connectivity index (χ1n) is 14.3. The van der Waals surface area contributed by atoms with E-state index in [0.29, 0.717) is 38.2 Å². The molecule has 220 valence electrons. The molecular weight excluding hydrogens is 506 g/mol. The highest BCUT2D eigenvalue weighted by Gasteiger charge is 2.39. The van der Waals surface area contributed by atoms with E-state index in [1.54, 1.807) is 14.0 Å². The highest BCUT2D eigenvalue weighted by atomic mass is 16.6. The van der Waals surface area contributed by atoms with E-state index in [1.165, 1.54) is 4.90 Å². The van der Waals surface area contributed by atoms with Crippen LogP contribution < -0.4 is 10.1 Å². The Morgan fingerprint density at radius 3 is 2.35 bits per heavy atom. The van der Waals surface area contributed by atoms with Crippen molar-refractivity contribution < 1.29 is 23.8 Å². The second-order valence-electron chi connectivity index (χ2n) is 11.5. The normalized spacial score (nSPS) is 16.2. The van der Waals surface area contributed by atoms with Crippen LogP contribution in [0.2, 0.25) is 0 Å². The number of hydrogen-bond acceptors (Lipinski definition) is 6.